The van der Waals surface area contributed by atoms with Gasteiger partial charge in [0.1, 0.15) is 18.3 Å². The summed E-state index contributed by atoms with van der Waals surface area (Å²) in [6.45, 7) is 0.303. The van der Waals surface area contributed by atoms with E-state index in [0.29, 0.717) is 18.6 Å². The Morgan fingerprint density at radius 2 is 2.41 bits per heavy atom. The second-order valence-corrected chi connectivity index (χ2v) is 3.98. The first-order valence-corrected chi connectivity index (χ1v) is 5.39. The van der Waals surface area contributed by atoms with Crippen molar-refractivity contribution >= 4 is 5.82 Å². The molecule has 0 aromatic carbocycles. The Balaban J connectivity index is 2.33. The van der Waals surface area contributed by atoms with E-state index in [-0.39, 0.29) is 18.3 Å². The van der Waals surface area contributed by atoms with Crippen LogP contribution in [0, 0.1) is 0 Å². The summed E-state index contributed by atoms with van der Waals surface area (Å²) in [5.41, 5.74) is 11.5. The quantitative estimate of drug-likeness (QED) is 0.742. The van der Waals surface area contributed by atoms with Crippen molar-refractivity contribution < 1.29 is 9.47 Å². The minimum absolute atomic E-state index is 0.190. The topological polar surface area (TPSA) is 105 Å². The molecule has 1 aromatic rings. The molecule has 1 aliphatic rings. The van der Waals surface area contributed by atoms with Crippen molar-refractivity contribution in [1.82, 2.24) is 9.55 Å². The SMILES string of the molecule is COCc1cn(C2CCC(N)O2)c(=O)nc1N. The normalized spacial score (nSPS) is 24.1. The van der Waals surface area contributed by atoms with Gasteiger partial charge in [0, 0.05) is 18.9 Å². The molecule has 2 atom stereocenters. The lowest BCUT2D eigenvalue weighted by molar-refractivity contribution is 0.00221. The summed E-state index contributed by atoms with van der Waals surface area (Å²) in [7, 11) is 1.55. The van der Waals surface area contributed by atoms with E-state index in [1.165, 1.54) is 4.57 Å². The number of aromatic nitrogens is 2. The fourth-order valence-corrected chi connectivity index (χ4v) is 1.84. The number of hydrogen-bond donors (Lipinski definition) is 2. The number of nitrogens with two attached hydrogens (primary N) is 2. The highest BCUT2D eigenvalue weighted by molar-refractivity contribution is 5.36. The fourth-order valence-electron chi connectivity index (χ4n) is 1.84. The second-order valence-electron chi connectivity index (χ2n) is 3.98. The van der Waals surface area contributed by atoms with Crippen molar-refractivity contribution in [1.29, 1.82) is 0 Å². The molecule has 94 valence electrons. The molecule has 1 fully saturated rings. The van der Waals surface area contributed by atoms with Crippen LogP contribution in [0.4, 0.5) is 5.82 Å². The number of nitrogen functional groups attached to an aromatic ring is 1. The number of rotatable bonds is 3. The molecule has 0 bridgehead atoms. The number of methoxy groups -OCH3 is 1. The molecular formula is C10H16N4O3. The van der Waals surface area contributed by atoms with E-state index < -0.39 is 5.69 Å². The van der Waals surface area contributed by atoms with Gasteiger partial charge >= 0.3 is 5.69 Å². The Labute approximate surface area is 98.3 Å². The van der Waals surface area contributed by atoms with Crippen LogP contribution in [0.3, 0.4) is 0 Å². The van der Waals surface area contributed by atoms with Crippen LogP contribution in [-0.4, -0.2) is 22.9 Å². The van der Waals surface area contributed by atoms with Gasteiger partial charge in [-0.15, -0.1) is 0 Å². The maximum absolute atomic E-state index is 11.7. The molecule has 7 nitrogen and oxygen atoms in total. The maximum Gasteiger partial charge on any atom is 0.351 e. The summed E-state index contributed by atoms with van der Waals surface area (Å²) in [5.74, 6) is 0.190. The highest BCUT2D eigenvalue weighted by Gasteiger charge is 2.25. The molecule has 0 spiro atoms. The average molecular weight is 240 g/mol. The zero-order valence-corrected chi connectivity index (χ0v) is 9.63. The molecule has 1 saturated heterocycles. The minimum atomic E-state index is -0.429. The van der Waals surface area contributed by atoms with Gasteiger partial charge in [0.2, 0.25) is 0 Å². The Hall–Kier alpha value is -1.44. The predicted molar refractivity (Wildman–Crippen MR) is 61.0 cm³/mol. The molecule has 1 aromatic heterocycles. The van der Waals surface area contributed by atoms with Crippen LogP contribution >= 0.6 is 0 Å². The second kappa shape index (κ2) is 4.82. The first-order valence-electron chi connectivity index (χ1n) is 5.39. The van der Waals surface area contributed by atoms with Crippen LogP contribution in [0.25, 0.3) is 0 Å². The molecule has 1 aliphatic heterocycles. The summed E-state index contributed by atoms with van der Waals surface area (Å²) < 4.78 is 11.8. The third kappa shape index (κ3) is 2.46. The van der Waals surface area contributed by atoms with Gasteiger partial charge in [-0.1, -0.05) is 0 Å². The van der Waals surface area contributed by atoms with Crippen LogP contribution in [0.1, 0.15) is 24.6 Å². The van der Waals surface area contributed by atoms with E-state index in [1.54, 1.807) is 13.3 Å². The van der Waals surface area contributed by atoms with E-state index in [0.717, 1.165) is 6.42 Å². The van der Waals surface area contributed by atoms with E-state index >= 15 is 0 Å². The third-order valence-corrected chi connectivity index (χ3v) is 2.70. The Bertz CT molecular complexity index is 459. The molecule has 2 unspecified atom stereocenters. The van der Waals surface area contributed by atoms with Crippen LogP contribution < -0.4 is 17.2 Å². The number of hydrogen-bond acceptors (Lipinski definition) is 6. The summed E-state index contributed by atoms with van der Waals surface area (Å²) in [6, 6.07) is 0. The number of ether oxygens (including phenoxy) is 2. The Morgan fingerprint density at radius 1 is 1.65 bits per heavy atom. The zero-order chi connectivity index (χ0) is 12.4. The van der Waals surface area contributed by atoms with Crippen molar-refractivity contribution in [2.24, 2.45) is 5.73 Å². The third-order valence-electron chi connectivity index (χ3n) is 2.70. The lowest BCUT2D eigenvalue weighted by Crippen LogP contribution is -2.29. The lowest BCUT2D eigenvalue weighted by atomic mass is 10.3. The molecule has 4 N–H and O–H groups in total. The number of anilines is 1. The maximum atomic E-state index is 11.7. The van der Waals surface area contributed by atoms with Crippen molar-refractivity contribution in [3.63, 3.8) is 0 Å². The van der Waals surface area contributed by atoms with Gasteiger partial charge in [-0.3, -0.25) is 4.57 Å². The molecule has 2 heterocycles. The van der Waals surface area contributed by atoms with Gasteiger partial charge in [-0.05, 0) is 12.8 Å². The number of nitrogens with zero attached hydrogens (tertiary/aromatic N) is 2. The summed E-state index contributed by atoms with van der Waals surface area (Å²) in [4.78, 5) is 15.4. The van der Waals surface area contributed by atoms with Gasteiger partial charge < -0.3 is 20.9 Å². The molecule has 17 heavy (non-hydrogen) atoms. The highest BCUT2D eigenvalue weighted by Crippen LogP contribution is 2.24. The molecular weight excluding hydrogens is 224 g/mol. The van der Waals surface area contributed by atoms with Crippen LogP contribution in [0.2, 0.25) is 0 Å². The van der Waals surface area contributed by atoms with E-state index in [9.17, 15) is 4.79 Å². The van der Waals surface area contributed by atoms with Crippen molar-refractivity contribution in [3.05, 3.63) is 22.2 Å². The monoisotopic (exact) mass is 240 g/mol. The van der Waals surface area contributed by atoms with Gasteiger partial charge in [0.15, 0.2) is 0 Å². The molecule has 0 radical (unpaired) electrons. The standard InChI is InChI=1S/C10H16N4O3/c1-16-5-6-4-14(10(15)13-9(6)12)8-3-2-7(11)17-8/h4,7-8H,2-3,5,11H2,1H3,(H2,12,13,15). The highest BCUT2D eigenvalue weighted by atomic mass is 16.5. The van der Waals surface area contributed by atoms with Gasteiger partial charge in [0.25, 0.3) is 0 Å². The van der Waals surface area contributed by atoms with Gasteiger partial charge in [0.05, 0.1) is 6.61 Å². The molecule has 0 aliphatic carbocycles. The summed E-state index contributed by atoms with van der Waals surface area (Å²) >= 11 is 0. The van der Waals surface area contributed by atoms with Crippen LogP contribution in [0.15, 0.2) is 11.0 Å². The lowest BCUT2D eigenvalue weighted by Gasteiger charge is -2.15. The summed E-state index contributed by atoms with van der Waals surface area (Å²) in [6.07, 6.45) is 2.35. The smallest absolute Gasteiger partial charge is 0.351 e. The van der Waals surface area contributed by atoms with E-state index in [4.69, 9.17) is 20.9 Å². The average Bonchev–Trinajstić information content (AvgIpc) is 2.69. The Kier molecular flexibility index (Phi) is 3.41. The molecule has 0 saturated carbocycles. The fraction of sp³-hybridized carbons (Fsp3) is 0.600. The molecule has 0 amide bonds. The van der Waals surface area contributed by atoms with Crippen LogP contribution in [-0.2, 0) is 16.1 Å². The zero-order valence-electron chi connectivity index (χ0n) is 9.63. The molecule has 7 heteroatoms. The van der Waals surface area contributed by atoms with Gasteiger partial charge in [-0.2, -0.15) is 4.98 Å². The largest absolute Gasteiger partial charge is 0.383 e. The Morgan fingerprint density at radius 3 is 3.00 bits per heavy atom. The van der Waals surface area contributed by atoms with Crippen molar-refractivity contribution in [2.45, 2.75) is 31.9 Å². The first-order chi connectivity index (χ1) is 8.11. The van der Waals surface area contributed by atoms with Crippen LogP contribution in [0.5, 0.6) is 0 Å². The summed E-state index contributed by atoms with van der Waals surface area (Å²) in [5, 5.41) is 0. The van der Waals surface area contributed by atoms with Crippen molar-refractivity contribution in [2.75, 3.05) is 12.8 Å². The van der Waals surface area contributed by atoms with Gasteiger partial charge in [-0.25, -0.2) is 4.79 Å². The predicted octanol–water partition coefficient (Wildman–Crippen LogP) is -0.434. The van der Waals surface area contributed by atoms with Crippen molar-refractivity contribution in [3.8, 4) is 0 Å². The minimum Gasteiger partial charge on any atom is -0.383 e. The van der Waals surface area contributed by atoms with E-state index in [2.05, 4.69) is 4.98 Å². The first kappa shape index (κ1) is 12.0. The molecule has 2 rings (SSSR count). The van der Waals surface area contributed by atoms with E-state index in [1.807, 2.05) is 0 Å².